The van der Waals surface area contributed by atoms with Crippen molar-refractivity contribution < 1.29 is 5.11 Å². The van der Waals surface area contributed by atoms with Gasteiger partial charge >= 0.3 is 0 Å². The monoisotopic (exact) mass is 327 g/mol. The van der Waals surface area contributed by atoms with Crippen molar-refractivity contribution in [2.24, 2.45) is 0 Å². The summed E-state index contributed by atoms with van der Waals surface area (Å²) in [5, 5.41) is 22.9. The molecule has 0 aliphatic rings. The lowest BCUT2D eigenvalue weighted by atomic mass is 10.1. The standard InChI is InChI=1S/C18H21N3OS/c1-13(10-16(22)17-8-5-9-23-17)19-11-15-12-20-21-18(15)14-6-3-2-4-7-14/h2-9,12-13,16,19,22H,10-11H2,1H3,(H,20,21). The van der Waals surface area contributed by atoms with Gasteiger partial charge in [0.05, 0.1) is 18.0 Å². The molecule has 0 amide bonds. The second-order valence-electron chi connectivity index (χ2n) is 5.69. The first-order valence-corrected chi connectivity index (χ1v) is 8.64. The highest BCUT2D eigenvalue weighted by molar-refractivity contribution is 7.10. The zero-order valence-electron chi connectivity index (χ0n) is 13.1. The average molecular weight is 327 g/mol. The Labute approximate surface area is 140 Å². The maximum Gasteiger partial charge on any atom is 0.0896 e. The average Bonchev–Trinajstić information content (AvgIpc) is 3.25. The molecule has 5 heteroatoms. The number of hydrogen-bond donors (Lipinski definition) is 3. The summed E-state index contributed by atoms with van der Waals surface area (Å²) in [5.41, 5.74) is 3.31. The van der Waals surface area contributed by atoms with E-state index < -0.39 is 6.10 Å². The molecule has 2 atom stereocenters. The molecule has 0 aliphatic carbocycles. The topological polar surface area (TPSA) is 60.9 Å². The lowest BCUT2D eigenvalue weighted by Crippen LogP contribution is -2.27. The number of aliphatic hydroxyl groups is 1. The van der Waals surface area contributed by atoms with Crippen LogP contribution in [0, 0.1) is 0 Å². The van der Waals surface area contributed by atoms with Gasteiger partial charge in [0.1, 0.15) is 0 Å². The zero-order valence-corrected chi connectivity index (χ0v) is 13.9. The predicted molar refractivity (Wildman–Crippen MR) is 94.2 cm³/mol. The predicted octanol–water partition coefficient (Wildman–Crippen LogP) is 3.74. The number of rotatable bonds is 7. The van der Waals surface area contributed by atoms with E-state index in [0.717, 1.165) is 28.2 Å². The number of hydrogen-bond acceptors (Lipinski definition) is 4. The number of H-pyrrole nitrogens is 1. The fourth-order valence-electron chi connectivity index (χ4n) is 2.60. The number of nitrogens with one attached hydrogen (secondary N) is 2. The Bertz CT molecular complexity index is 709. The van der Waals surface area contributed by atoms with Gasteiger partial charge in [0, 0.05) is 23.0 Å². The van der Waals surface area contributed by atoms with Crippen molar-refractivity contribution in [3.63, 3.8) is 0 Å². The number of nitrogens with zero attached hydrogens (tertiary/aromatic N) is 1. The summed E-state index contributed by atoms with van der Waals surface area (Å²) >= 11 is 1.60. The SMILES string of the molecule is CC(CC(O)c1cccs1)NCc1cn[nH]c1-c1ccccc1. The summed E-state index contributed by atoms with van der Waals surface area (Å²) in [7, 11) is 0. The van der Waals surface area contributed by atoms with Gasteiger partial charge in [-0.2, -0.15) is 5.10 Å². The van der Waals surface area contributed by atoms with Crippen molar-refractivity contribution in [3.05, 3.63) is 64.5 Å². The summed E-state index contributed by atoms with van der Waals surface area (Å²) in [6, 6.07) is 14.4. The Hall–Kier alpha value is -1.95. The highest BCUT2D eigenvalue weighted by Gasteiger charge is 2.14. The van der Waals surface area contributed by atoms with Gasteiger partial charge in [-0.05, 0) is 30.4 Å². The van der Waals surface area contributed by atoms with Gasteiger partial charge in [0.25, 0.3) is 0 Å². The van der Waals surface area contributed by atoms with Gasteiger partial charge in [-0.1, -0.05) is 36.4 Å². The minimum absolute atomic E-state index is 0.214. The van der Waals surface area contributed by atoms with Crippen LogP contribution in [0.15, 0.2) is 54.0 Å². The quantitative estimate of drug-likeness (QED) is 0.619. The summed E-state index contributed by atoms with van der Waals surface area (Å²) in [6.07, 6.45) is 2.15. The lowest BCUT2D eigenvalue weighted by Gasteiger charge is -2.17. The summed E-state index contributed by atoms with van der Waals surface area (Å²) in [6.45, 7) is 2.82. The Morgan fingerprint density at radius 2 is 2.04 bits per heavy atom. The van der Waals surface area contributed by atoms with Gasteiger partial charge in [0.2, 0.25) is 0 Å². The van der Waals surface area contributed by atoms with E-state index in [-0.39, 0.29) is 6.04 Å². The van der Waals surface area contributed by atoms with E-state index in [0.29, 0.717) is 6.42 Å². The van der Waals surface area contributed by atoms with Crippen LogP contribution in [0.3, 0.4) is 0 Å². The Balaban J connectivity index is 1.58. The largest absolute Gasteiger partial charge is 0.388 e. The van der Waals surface area contributed by atoms with Crippen molar-refractivity contribution in [1.29, 1.82) is 0 Å². The molecular formula is C18H21N3OS. The van der Waals surface area contributed by atoms with Crippen LogP contribution in [0.25, 0.3) is 11.3 Å². The van der Waals surface area contributed by atoms with Gasteiger partial charge in [-0.15, -0.1) is 11.3 Å². The second kappa shape index (κ2) is 7.55. The molecule has 0 aliphatic heterocycles. The molecule has 2 unspecified atom stereocenters. The highest BCUT2D eigenvalue weighted by atomic mass is 32.1. The van der Waals surface area contributed by atoms with Crippen LogP contribution in [0.1, 0.15) is 29.9 Å². The minimum atomic E-state index is -0.407. The van der Waals surface area contributed by atoms with Crippen LogP contribution in [-0.2, 0) is 6.54 Å². The van der Waals surface area contributed by atoms with E-state index in [2.05, 4.69) is 34.6 Å². The molecule has 23 heavy (non-hydrogen) atoms. The van der Waals surface area contributed by atoms with E-state index >= 15 is 0 Å². The Morgan fingerprint density at radius 1 is 1.22 bits per heavy atom. The molecule has 0 saturated heterocycles. The lowest BCUT2D eigenvalue weighted by molar-refractivity contribution is 0.157. The molecule has 0 fully saturated rings. The summed E-state index contributed by atoms with van der Waals surface area (Å²) < 4.78 is 0. The molecule has 3 aromatic rings. The number of benzene rings is 1. The van der Waals surface area contributed by atoms with Crippen molar-refractivity contribution >= 4 is 11.3 Å². The van der Waals surface area contributed by atoms with Crippen molar-refractivity contribution in [1.82, 2.24) is 15.5 Å². The van der Waals surface area contributed by atoms with Crippen LogP contribution in [0.5, 0.6) is 0 Å². The number of thiophene rings is 1. The highest BCUT2D eigenvalue weighted by Crippen LogP contribution is 2.24. The van der Waals surface area contributed by atoms with Crippen molar-refractivity contribution in [3.8, 4) is 11.3 Å². The van der Waals surface area contributed by atoms with E-state index in [9.17, 15) is 5.11 Å². The molecule has 3 rings (SSSR count). The normalized spacial score (nSPS) is 13.8. The van der Waals surface area contributed by atoms with E-state index in [1.54, 1.807) is 11.3 Å². The van der Waals surface area contributed by atoms with Gasteiger partial charge < -0.3 is 10.4 Å². The van der Waals surface area contributed by atoms with Crippen molar-refractivity contribution in [2.75, 3.05) is 0 Å². The molecule has 2 heterocycles. The molecule has 2 aromatic heterocycles. The third kappa shape index (κ3) is 4.07. The molecule has 0 spiro atoms. The third-order valence-corrected chi connectivity index (χ3v) is 4.84. The molecule has 120 valence electrons. The second-order valence-corrected chi connectivity index (χ2v) is 6.66. The van der Waals surface area contributed by atoms with Crippen LogP contribution >= 0.6 is 11.3 Å². The maximum atomic E-state index is 10.2. The molecule has 0 saturated carbocycles. The molecule has 3 N–H and O–H groups in total. The summed E-state index contributed by atoms with van der Waals surface area (Å²) in [4.78, 5) is 1.02. The van der Waals surface area contributed by atoms with E-state index in [1.807, 2.05) is 41.9 Å². The fourth-order valence-corrected chi connectivity index (χ4v) is 3.32. The number of aliphatic hydroxyl groups excluding tert-OH is 1. The molecule has 1 aromatic carbocycles. The Kier molecular flexibility index (Phi) is 5.23. The smallest absolute Gasteiger partial charge is 0.0896 e. The first-order chi connectivity index (χ1) is 11.2. The first kappa shape index (κ1) is 15.9. The van der Waals surface area contributed by atoms with Crippen LogP contribution in [0.4, 0.5) is 0 Å². The fraction of sp³-hybridized carbons (Fsp3) is 0.278. The molecule has 0 bridgehead atoms. The van der Waals surface area contributed by atoms with Crippen LogP contribution in [0.2, 0.25) is 0 Å². The maximum absolute atomic E-state index is 10.2. The van der Waals surface area contributed by atoms with Crippen LogP contribution < -0.4 is 5.32 Å². The van der Waals surface area contributed by atoms with Gasteiger partial charge in [0.15, 0.2) is 0 Å². The number of aromatic nitrogens is 2. The summed E-state index contributed by atoms with van der Waals surface area (Å²) in [5.74, 6) is 0. The first-order valence-electron chi connectivity index (χ1n) is 7.76. The van der Waals surface area contributed by atoms with Crippen molar-refractivity contribution in [2.45, 2.75) is 32.0 Å². The van der Waals surface area contributed by atoms with Crippen LogP contribution in [-0.4, -0.2) is 21.3 Å². The number of aromatic amines is 1. The molecule has 0 radical (unpaired) electrons. The third-order valence-electron chi connectivity index (χ3n) is 3.87. The zero-order chi connectivity index (χ0) is 16.1. The van der Waals surface area contributed by atoms with E-state index in [4.69, 9.17) is 0 Å². The minimum Gasteiger partial charge on any atom is -0.388 e. The Morgan fingerprint density at radius 3 is 2.78 bits per heavy atom. The molecule has 4 nitrogen and oxygen atoms in total. The van der Waals surface area contributed by atoms with Gasteiger partial charge in [-0.25, -0.2) is 0 Å². The van der Waals surface area contributed by atoms with E-state index in [1.165, 1.54) is 0 Å². The molecular weight excluding hydrogens is 306 g/mol. The van der Waals surface area contributed by atoms with Gasteiger partial charge in [-0.3, -0.25) is 5.10 Å².